The van der Waals surface area contributed by atoms with E-state index in [4.69, 9.17) is 18.9 Å². The number of benzene rings is 2. The molecule has 0 amide bonds. The molecule has 2 aromatic carbocycles. The van der Waals surface area contributed by atoms with Crippen LogP contribution in [0.4, 0.5) is 0 Å². The van der Waals surface area contributed by atoms with E-state index >= 15 is 0 Å². The molecule has 0 heterocycles. The third-order valence-corrected chi connectivity index (χ3v) is 4.79. The van der Waals surface area contributed by atoms with Gasteiger partial charge in [0.05, 0.1) is 11.1 Å². The van der Waals surface area contributed by atoms with Gasteiger partial charge >= 0.3 is 11.9 Å². The van der Waals surface area contributed by atoms with Crippen molar-refractivity contribution in [3.8, 4) is 0 Å². The second-order valence-electron chi connectivity index (χ2n) is 5.35. The molecular weight excluding hydrogens is 484 g/mol. The molecule has 0 aliphatic heterocycles. The Hall–Kier alpha value is -1.74. The molecule has 0 unspecified atom stereocenters. The fraction of sp³-hybridized carbons (Fsp3) is 0.263. The number of methoxy groups -OCH3 is 1. The summed E-state index contributed by atoms with van der Waals surface area (Å²) >= 11 is 6.60. The molecule has 0 fully saturated rings. The van der Waals surface area contributed by atoms with Crippen molar-refractivity contribution >= 4 is 43.8 Å². The van der Waals surface area contributed by atoms with Gasteiger partial charge in [0.25, 0.3) is 0 Å². The van der Waals surface area contributed by atoms with E-state index in [1.807, 2.05) is 0 Å². The van der Waals surface area contributed by atoms with Crippen molar-refractivity contribution in [3.05, 3.63) is 68.6 Å². The number of hydrogen-bond donors (Lipinski definition) is 0. The van der Waals surface area contributed by atoms with Gasteiger partial charge in [-0.05, 0) is 56.1 Å². The van der Waals surface area contributed by atoms with Crippen molar-refractivity contribution in [2.45, 2.75) is 6.10 Å². The van der Waals surface area contributed by atoms with E-state index < -0.39 is 18.0 Å². The zero-order valence-electron chi connectivity index (χ0n) is 14.5. The average Bonchev–Trinajstić information content (AvgIpc) is 2.67. The van der Waals surface area contributed by atoms with Gasteiger partial charge in [-0.3, -0.25) is 0 Å². The van der Waals surface area contributed by atoms with Crippen LogP contribution in [-0.4, -0.2) is 45.2 Å². The first-order chi connectivity index (χ1) is 13.0. The van der Waals surface area contributed by atoms with Gasteiger partial charge < -0.3 is 18.9 Å². The Morgan fingerprint density at radius 1 is 0.852 bits per heavy atom. The van der Waals surface area contributed by atoms with Gasteiger partial charge in [-0.2, -0.15) is 0 Å². The molecule has 0 aliphatic rings. The van der Waals surface area contributed by atoms with Crippen LogP contribution in [0.15, 0.2) is 57.5 Å². The molecule has 8 heteroatoms. The predicted molar refractivity (Wildman–Crippen MR) is 106 cm³/mol. The Morgan fingerprint density at radius 2 is 1.30 bits per heavy atom. The summed E-state index contributed by atoms with van der Waals surface area (Å²) in [5.74, 6) is -1.02. The van der Waals surface area contributed by atoms with Gasteiger partial charge in [0, 0.05) is 16.1 Å². The van der Waals surface area contributed by atoms with Crippen molar-refractivity contribution in [2.24, 2.45) is 0 Å². The molecule has 2 rings (SSSR count). The summed E-state index contributed by atoms with van der Waals surface area (Å²) in [5, 5.41) is 0. The minimum Gasteiger partial charge on any atom is -0.459 e. The minimum absolute atomic E-state index is 0.0240. The number of carbonyl (C=O) groups excluding carboxylic acids is 2. The monoisotopic (exact) mass is 500 g/mol. The Kier molecular flexibility index (Phi) is 8.93. The first-order valence-electron chi connectivity index (χ1n) is 7.96. The molecule has 0 atom stereocenters. The summed E-state index contributed by atoms with van der Waals surface area (Å²) in [6.07, 6.45) is -0.664. The lowest BCUT2D eigenvalue weighted by atomic mass is 10.2. The summed E-state index contributed by atoms with van der Waals surface area (Å²) in [5.41, 5.74) is 0.793. The van der Waals surface area contributed by atoms with Crippen LogP contribution in [0.3, 0.4) is 0 Å². The fourth-order valence-corrected chi connectivity index (χ4v) is 2.95. The van der Waals surface area contributed by atoms with Gasteiger partial charge in [0.15, 0.2) is 0 Å². The highest BCUT2D eigenvalue weighted by molar-refractivity contribution is 9.10. The van der Waals surface area contributed by atoms with Gasteiger partial charge in [-0.15, -0.1) is 0 Å². The summed E-state index contributed by atoms with van der Waals surface area (Å²) < 4.78 is 22.1. The normalized spacial score (nSPS) is 10.7. The standard InChI is InChI=1S/C19H18Br2O6/c1-24-12-27-13(10-25-18(22)14-6-2-4-8-16(14)20)11-26-19(23)15-7-3-5-9-17(15)21/h2-9,13H,10-12H2,1H3. The van der Waals surface area contributed by atoms with E-state index in [1.54, 1.807) is 48.5 Å². The van der Waals surface area contributed by atoms with Crippen molar-refractivity contribution in [1.29, 1.82) is 0 Å². The summed E-state index contributed by atoms with van der Waals surface area (Å²) in [4.78, 5) is 24.4. The average molecular weight is 502 g/mol. The van der Waals surface area contributed by atoms with Gasteiger partial charge in [0.1, 0.15) is 26.1 Å². The second-order valence-corrected chi connectivity index (χ2v) is 7.06. The predicted octanol–water partition coefficient (Wildman–Crippen LogP) is 4.21. The van der Waals surface area contributed by atoms with Crippen molar-refractivity contribution in [1.82, 2.24) is 0 Å². The SMILES string of the molecule is COCOC(COC(=O)c1ccccc1Br)COC(=O)c1ccccc1Br. The Bertz CT molecular complexity index is 719. The Morgan fingerprint density at radius 3 is 1.70 bits per heavy atom. The number of carbonyl (C=O) groups is 2. The molecular formula is C19H18Br2O6. The summed E-state index contributed by atoms with van der Waals surface area (Å²) in [7, 11) is 1.47. The lowest BCUT2D eigenvalue weighted by Gasteiger charge is -2.18. The molecule has 27 heavy (non-hydrogen) atoms. The van der Waals surface area contributed by atoms with Crippen LogP contribution in [0.2, 0.25) is 0 Å². The first kappa shape index (κ1) is 21.6. The van der Waals surface area contributed by atoms with Crippen LogP contribution < -0.4 is 0 Å². The van der Waals surface area contributed by atoms with Crippen LogP contribution in [0.5, 0.6) is 0 Å². The molecule has 0 bridgehead atoms. The van der Waals surface area contributed by atoms with E-state index in [1.165, 1.54) is 7.11 Å². The maximum Gasteiger partial charge on any atom is 0.339 e. The lowest BCUT2D eigenvalue weighted by Crippen LogP contribution is -2.29. The topological polar surface area (TPSA) is 71.1 Å². The zero-order chi connectivity index (χ0) is 19.6. The highest BCUT2D eigenvalue weighted by Gasteiger charge is 2.19. The number of halogens is 2. The zero-order valence-corrected chi connectivity index (χ0v) is 17.7. The van der Waals surface area contributed by atoms with Crippen molar-refractivity contribution in [3.63, 3.8) is 0 Å². The molecule has 0 spiro atoms. The van der Waals surface area contributed by atoms with E-state index in [-0.39, 0.29) is 20.0 Å². The molecule has 0 aliphatic carbocycles. The van der Waals surface area contributed by atoms with E-state index in [0.29, 0.717) is 20.1 Å². The quantitative estimate of drug-likeness (QED) is 0.378. The number of ether oxygens (including phenoxy) is 4. The number of hydrogen-bond acceptors (Lipinski definition) is 6. The van der Waals surface area contributed by atoms with Crippen LogP contribution in [0.25, 0.3) is 0 Å². The van der Waals surface area contributed by atoms with E-state index in [9.17, 15) is 9.59 Å². The highest BCUT2D eigenvalue weighted by atomic mass is 79.9. The van der Waals surface area contributed by atoms with Gasteiger partial charge in [0.2, 0.25) is 0 Å². The van der Waals surface area contributed by atoms with Crippen molar-refractivity contribution in [2.75, 3.05) is 27.1 Å². The van der Waals surface area contributed by atoms with Gasteiger partial charge in [-0.1, -0.05) is 24.3 Å². The molecule has 6 nitrogen and oxygen atoms in total. The summed E-state index contributed by atoms with van der Waals surface area (Å²) in [6.45, 7) is -0.205. The molecule has 144 valence electrons. The smallest absolute Gasteiger partial charge is 0.339 e. The third-order valence-electron chi connectivity index (χ3n) is 3.41. The molecule has 0 saturated heterocycles. The Balaban J connectivity index is 1.92. The van der Waals surface area contributed by atoms with Crippen LogP contribution in [0.1, 0.15) is 20.7 Å². The largest absolute Gasteiger partial charge is 0.459 e. The van der Waals surface area contributed by atoms with Crippen molar-refractivity contribution < 1.29 is 28.5 Å². The highest BCUT2D eigenvalue weighted by Crippen LogP contribution is 2.18. The molecule has 2 aromatic rings. The first-order valence-corrected chi connectivity index (χ1v) is 9.55. The fourth-order valence-electron chi connectivity index (χ4n) is 2.05. The molecule has 0 N–H and O–H groups in total. The number of esters is 2. The van der Waals surface area contributed by atoms with Crippen LogP contribution >= 0.6 is 31.9 Å². The lowest BCUT2D eigenvalue weighted by molar-refractivity contribution is -0.106. The van der Waals surface area contributed by atoms with E-state index in [0.717, 1.165) is 0 Å². The Labute approximate surface area is 174 Å². The minimum atomic E-state index is -0.664. The number of rotatable bonds is 9. The maximum absolute atomic E-state index is 12.2. The van der Waals surface area contributed by atoms with Crippen LogP contribution in [-0.2, 0) is 18.9 Å². The van der Waals surface area contributed by atoms with Gasteiger partial charge in [-0.25, -0.2) is 9.59 Å². The van der Waals surface area contributed by atoms with Crippen LogP contribution in [0, 0.1) is 0 Å². The molecule has 0 aromatic heterocycles. The van der Waals surface area contributed by atoms with E-state index in [2.05, 4.69) is 31.9 Å². The second kappa shape index (κ2) is 11.2. The third kappa shape index (κ3) is 6.73. The molecule has 0 radical (unpaired) electrons. The maximum atomic E-state index is 12.2. The summed E-state index contributed by atoms with van der Waals surface area (Å²) in [6, 6.07) is 13.8. The molecule has 0 saturated carbocycles.